The standard InChI is InChI=1S/C13H16N2O3/c1-6(11(14)16)15-12(17)9-7-2-3-8(5-4-7)10(9)13(15)18/h2-3,6-10H,4-5H2,1H3,(H2,14,16)/t6-,7+,8+,9-,10+/m1/s1. The van der Waals surface area contributed by atoms with Gasteiger partial charge < -0.3 is 5.73 Å². The van der Waals surface area contributed by atoms with Crippen LogP contribution in [0.25, 0.3) is 0 Å². The number of imide groups is 1. The van der Waals surface area contributed by atoms with Gasteiger partial charge in [0.05, 0.1) is 11.8 Å². The number of hydrogen-bond acceptors (Lipinski definition) is 3. The van der Waals surface area contributed by atoms with Crippen molar-refractivity contribution < 1.29 is 14.4 Å². The predicted molar refractivity (Wildman–Crippen MR) is 62.8 cm³/mol. The fraction of sp³-hybridized carbons (Fsp3) is 0.615. The topological polar surface area (TPSA) is 80.5 Å². The second-order valence-electron chi connectivity index (χ2n) is 5.47. The lowest BCUT2D eigenvalue weighted by atomic mass is 9.63. The molecule has 1 aliphatic heterocycles. The van der Waals surface area contributed by atoms with Gasteiger partial charge in [-0.15, -0.1) is 0 Å². The van der Waals surface area contributed by atoms with Gasteiger partial charge in [-0.05, 0) is 31.6 Å². The zero-order valence-electron chi connectivity index (χ0n) is 10.2. The molecule has 0 radical (unpaired) electrons. The molecule has 0 spiro atoms. The van der Waals surface area contributed by atoms with E-state index in [1.165, 1.54) is 6.92 Å². The van der Waals surface area contributed by atoms with Crippen LogP contribution in [-0.4, -0.2) is 28.7 Å². The number of carbonyl (C=O) groups is 3. The Kier molecular flexibility index (Phi) is 2.33. The van der Waals surface area contributed by atoms with Crippen molar-refractivity contribution in [2.24, 2.45) is 29.4 Å². The van der Waals surface area contributed by atoms with E-state index >= 15 is 0 Å². The van der Waals surface area contributed by atoms with Gasteiger partial charge in [-0.25, -0.2) is 0 Å². The fourth-order valence-electron chi connectivity index (χ4n) is 3.61. The third kappa shape index (κ3) is 1.30. The van der Waals surface area contributed by atoms with Crippen molar-refractivity contribution in [3.8, 4) is 0 Å². The molecule has 4 aliphatic rings. The molecular formula is C13H16N2O3. The van der Waals surface area contributed by atoms with E-state index in [0.717, 1.165) is 17.7 Å². The maximum absolute atomic E-state index is 12.3. The molecule has 0 aromatic rings. The number of nitrogens with zero attached hydrogens (tertiary/aromatic N) is 1. The molecule has 0 aromatic carbocycles. The van der Waals surface area contributed by atoms with Crippen LogP contribution in [0.15, 0.2) is 12.2 Å². The lowest BCUT2D eigenvalue weighted by Crippen LogP contribution is -2.46. The number of carbonyl (C=O) groups excluding carboxylic acids is 3. The molecular weight excluding hydrogens is 232 g/mol. The number of rotatable bonds is 2. The molecule has 4 rings (SSSR count). The molecule has 3 amide bonds. The Hall–Kier alpha value is -1.65. The number of nitrogens with two attached hydrogens (primary N) is 1. The Bertz CT molecular complexity index is 439. The van der Waals surface area contributed by atoms with Crippen molar-refractivity contribution in [2.45, 2.75) is 25.8 Å². The summed E-state index contributed by atoms with van der Waals surface area (Å²) in [5, 5.41) is 0. The average Bonchev–Trinajstić information content (AvgIpc) is 2.65. The quantitative estimate of drug-likeness (QED) is 0.554. The summed E-state index contributed by atoms with van der Waals surface area (Å²) in [4.78, 5) is 37.0. The number of allylic oxidation sites excluding steroid dienone is 2. The van der Waals surface area contributed by atoms with Gasteiger partial charge in [0.2, 0.25) is 17.7 Å². The predicted octanol–water partition coefficient (Wildman–Crippen LogP) is 0.0574. The molecule has 5 atom stereocenters. The van der Waals surface area contributed by atoms with E-state index in [2.05, 4.69) is 12.2 Å². The van der Waals surface area contributed by atoms with Crippen LogP contribution in [-0.2, 0) is 14.4 Å². The third-order valence-corrected chi connectivity index (χ3v) is 4.59. The van der Waals surface area contributed by atoms with Gasteiger partial charge >= 0.3 is 0 Å². The zero-order valence-corrected chi connectivity index (χ0v) is 10.2. The monoisotopic (exact) mass is 248 g/mol. The summed E-state index contributed by atoms with van der Waals surface area (Å²) < 4.78 is 0. The Morgan fingerprint density at radius 2 is 1.67 bits per heavy atom. The van der Waals surface area contributed by atoms with Gasteiger partial charge in [0.25, 0.3) is 0 Å². The van der Waals surface area contributed by atoms with Crippen molar-refractivity contribution in [2.75, 3.05) is 0 Å². The third-order valence-electron chi connectivity index (χ3n) is 4.59. The van der Waals surface area contributed by atoms with Gasteiger partial charge in [0, 0.05) is 0 Å². The normalized spacial score (nSPS) is 39.1. The zero-order chi connectivity index (χ0) is 13.0. The first-order valence-electron chi connectivity index (χ1n) is 6.37. The highest BCUT2D eigenvalue weighted by atomic mass is 16.2. The highest BCUT2D eigenvalue weighted by molar-refractivity contribution is 6.08. The molecule has 0 unspecified atom stereocenters. The molecule has 2 bridgehead atoms. The first-order chi connectivity index (χ1) is 8.52. The van der Waals surface area contributed by atoms with E-state index in [1.807, 2.05) is 0 Å². The first kappa shape index (κ1) is 11.4. The number of hydrogen-bond donors (Lipinski definition) is 1. The van der Waals surface area contributed by atoms with E-state index in [4.69, 9.17) is 5.73 Å². The van der Waals surface area contributed by atoms with Crippen LogP contribution in [0, 0.1) is 23.7 Å². The van der Waals surface area contributed by atoms with Crippen LogP contribution in [0.3, 0.4) is 0 Å². The molecule has 18 heavy (non-hydrogen) atoms. The van der Waals surface area contributed by atoms with E-state index in [1.54, 1.807) is 0 Å². The maximum atomic E-state index is 12.3. The molecule has 1 heterocycles. The Morgan fingerprint density at radius 3 is 2.00 bits per heavy atom. The minimum absolute atomic E-state index is 0.154. The van der Waals surface area contributed by atoms with Crippen LogP contribution < -0.4 is 5.73 Å². The first-order valence-corrected chi connectivity index (χ1v) is 6.37. The molecule has 2 N–H and O–H groups in total. The highest BCUT2D eigenvalue weighted by Crippen LogP contribution is 2.49. The van der Waals surface area contributed by atoms with E-state index in [9.17, 15) is 14.4 Å². The van der Waals surface area contributed by atoms with Gasteiger partial charge in [0.1, 0.15) is 6.04 Å². The molecule has 1 saturated heterocycles. The van der Waals surface area contributed by atoms with Crippen LogP contribution >= 0.6 is 0 Å². The van der Waals surface area contributed by atoms with Crippen molar-refractivity contribution in [1.29, 1.82) is 0 Å². The Labute approximate surface area is 105 Å². The summed E-state index contributed by atoms with van der Waals surface area (Å²) in [6, 6.07) is -0.838. The van der Waals surface area contributed by atoms with Gasteiger partial charge in [-0.1, -0.05) is 12.2 Å². The molecule has 5 heteroatoms. The van der Waals surface area contributed by atoms with E-state index < -0.39 is 11.9 Å². The second-order valence-corrected chi connectivity index (χ2v) is 5.47. The minimum atomic E-state index is -0.838. The Morgan fingerprint density at radius 1 is 1.22 bits per heavy atom. The van der Waals surface area contributed by atoms with E-state index in [0.29, 0.717) is 0 Å². The van der Waals surface area contributed by atoms with Crippen LogP contribution in [0.5, 0.6) is 0 Å². The van der Waals surface area contributed by atoms with Crippen molar-refractivity contribution in [1.82, 2.24) is 4.90 Å². The number of primary amides is 1. The molecule has 5 nitrogen and oxygen atoms in total. The summed E-state index contributed by atoms with van der Waals surface area (Å²) in [6.07, 6.45) is 6.03. The lowest BCUT2D eigenvalue weighted by molar-refractivity contribution is -0.146. The summed E-state index contributed by atoms with van der Waals surface area (Å²) in [6.45, 7) is 1.52. The average molecular weight is 248 g/mol. The van der Waals surface area contributed by atoms with Crippen molar-refractivity contribution in [3.63, 3.8) is 0 Å². The minimum Gasteiger partial charge on any atom is -0.368 e. The summed E-state index contributed by atoms with van der Waals surface area (Å²) >= 11 is 0. The summed E-state index contributed by atoms with van der Waals surface area (Å²) in [5.74, 6) is -1.27. The van der Waals surface area contributed by atoms with Crippen LogP contribution in [0.1, 0.15) is 19.8 Å². The van der Waals surface area contributed by atoms with Crippen molar-refractivity contribution in [3.05, 3.63) is 12.2 Å². The van der Waals surface area contributed by atoms with Crippen LogP contribution in [0.2, 0.25) is 0 Å². The van der Waals surface area contributed by atoms with Gasteiger partial charge in [0.15, 0.2) is 0 Å². The van der Waals surface area contributed by atoms with E-state index in [-0.39, 0.29) is 35.5 Å². The maximum Gasteiger partial charge on any atom is 0.240 e. The fourth-order valence-corrected chi connectivity index (χ4v) is 3.61. The molecule has 3 aliphatic carbocycles. The lowest BCUT2D eigenvalue weighted by Gasteiger charge is -2.38. The van der Waals surface area contributed by atoms with Crippen LogP contribution in [0.4, 0.5) is 0 Å². The summed E-state index contributed by atoms with van der Waals surface area (Å²) in [5.41, 5.74) is 5.21. The van der Waals surface area contributed by atoms with Gasteiger partial charge in [-0.2, -0.15) is 0 Å². The Balaban J connectivity index is 1.97. The SMILES string of the molecule is C[C@H](C(N)=O)N1C(=O)[C@@H]2[C@H](C1=O)[C@H]1C=C[C@H]2CC1. The molecule has 1 saturated carbocycles. The largest absolute Gasteiger partial charge is 0.368 e. The highest BCUT2D eigenvalue weighted by Gasteiger charge is 2.57. The molecule has 96 valence electrons. The number of fused-ring (bicyclic) bond motifs is 1. The van der Waals surface area contributed by atoms with Gasteiger partial charge in [-0.3, -0.25) is 19.3 Å². The summed E-state index contributed by atoms with van der Waals surface area (Å²) in [7, 11) is 0. The number of amides is 3. The smallest absolute Gasteiger partial charge is 0.240 e. The molecule has 2 fully saturated rings. The second kappa shape index (κ2) is 3.67. The molecule has 0 aromatic heterocycles. The number of likely N-dealkylation sites (tertiary alicyclic amines) is 1. The van der Waals surface area contributed by atoms with Crippen molar-refractivity contribution >= 4 is 17.7 Å².